The van der Waals surface area contributed by atoms with Crippen LogP contribution in [-0.4, -0.2) is 29.9 Å². The maximum absolute atomic E-state index is 12.4. The van der Waals surface area contributed by atoms with Crippen LogP contribution in [0.15, 0.2) is 54.6 Å². The Hall–Kier alpha value is -2.13. The van der Waals surface area contributed by atoms with Gasteiger partial charge < -0.3 is 5.32 Å². The van der Waals surface area contributed by atoms with E-state index in [1.807, 2.05) is 24.3 Å². The van der Waals surface area contributed by atoms with Crippen LogP contribution < -0.4 is 5.32 Å². The molecule has 0 aromatic heterocycles. The van der Waals surface area contributed by atoms with Crippen molar-refractivity contribution in [2.75, 3.05) is 13.1 Å². The summed E-state index contributed by atoms with van der Waals surface area (Å²) in [6.45, 7) is 5.07. The fourth-order valence-electron chi connectivity index (χ4n) is 3.42. The summed E-state index contributed by atoms with van der Waals surface area (Å²) in [6, 6.07) is 18.9. The maximum atomic E-state index is 12.4. The van der Waals surface area contributed by atoms with Gasteiger partial charge in [0.2, 0.25) is 5.91 Å². The highest BCUT2D eigenvalue weighted by molar-refractivity contribution is 5.79. The van der Waals surface area contributed by atoms with E-state index in [2.05, 4.69) is 47.5 Å². The lowest BCUT2D eigenvalue weighted by molar-refractivity contribution is -0.121. The zero-order valence-electron chi connectivity index (χ0n) is 14.4. The number of nitrogens with zero attached hydrogens (tertiary/aromatic N) is 1. The van der Waals surface area contributed by atoms with E-state index in [1.165, 1.54) is 11.1 Å². The number of rotatable bonds is 5. The lowest BCUT2D eigenvalue weighted by atomic mass is 10.0. The van der Waals surface area contributed by atoms with E-state index in [4.69, 9.17) is 0 Å². The highest BCUT2D eigenvalue weighted by Gasteiger charge is 2.21. The summed E-state index contributed by atoms with van der Waals surface area (Å²) >= 11 is 0. The Kier molecular flexibility index (Phi) is 5.65. The minimum absolute atomic E-state index is 0.135. The van der Waals surface area contributed by atoms with Gasteiger partial charge in [-0.3, -0.25) is 9.69 Å². The highest BCUT2D eigenvalue weighted by atomic mass is 16.1. The Bertz CT molecular complexity index is 669. The standard InChI is InChI=1S/C21H26N2O/c1-17-8-5-6-11-19(17)14-21(24)22-20-12-7-13-23(16-20)15-18-9-3-2-4-10-18/h2-6,8-11,20H,7,12-16H2,1H3,(H,22,24)/t20-/m1/s1. The summed E-state index contributed by atoms with van der Waals surface area (Å²) in [4.78, 5) is 14.8. The summed E-state index contributed by atoms with van der Waals surface area (Å²) in [5, 5.41) is 3.23. The first kappa shape index (κ1) is 16.7. The van der Waals surface area contributed by atoms with E-state index < -0.39 is 0 Å². The Morgan fingerprint density at radius 2 is 1.88 bits per heavy atom. The maximum Gasteiger partial charge on any atom is 0.224 e. The van der Waals surface area contributed by atoms with Crippen LogP contribution in [0.25, 0.3) is 0 Å². The molecule has 1 atom stereocenters. The topological polar surface area (TPSA) is 32.3 Å². The third-order valence-electron chi connectivity index (χ3n) is 4.73. The first-order valence-corrected chi connectivity index (χ1v) is 8.81. The minimum Gasteiger partial charge on any atom is -0.352 e. The third kappa shape index (κ3) is 4.68. The van der Waals surface area contributed by atoms with Gasteiger partial charge in [-0.2, -0.15) is 0 Å². The average Bonchev–Trinajstić information content (AvgIpc) is 2.58. The van der Waals surface area contributed by atoms with Crippen LogP contribution >= 0.6 is 0 Å². The van der Waals surface area contributed by atoms with Gasteiger partial charge in [-0.15, -0.1) is 0 Å². The van der Waals surface area contributed by atoms with Crippen molar-refractivity contribution < 1.29 is 4.79 Å². The fraction of sp³-hybridized carbons (Fsp3) is 0.381. The van der Waals surface area contributed by atoms with Crippen LogP contribution in [0.4, 0.5) is 0 Å². The summed E-state index contributed by atoms with van der Waals surface area (Å²) in [5.41, 5.74) is 3.64. The van der Waals surface area contributed by atoms with Crippen molar-refractivity contribution in [2.45, 2.75) is 38.8 Å². The first-order chi connectivity index (χ1) is 11.7. The highest BCUT2D eigenvalue weighted by Crippen LogP contribution is 2.14. The molecule has 0 bridgehead atoms. The molecule has 2 aromatic rings. The third-order valence-corrected chi connectivity index (χ3v) is 4.73. The number of hydrogen-bond acceptors (Lipinski definition) is 2. The van der Waals surface area contributed by atoms with Crippen molar-refractivity contribution in [2.24, 2.45) is 0 Å². The van der Waals surface area contributed by atoms with E-state index >= 15 is 0 Å². The van der Waals surface area contributed by atoms with Crippen LogP contribution in [0.2, 0.25) is 0 Å². The Morgan fingerprint density at radius 1 is 1.12 bits per heavy atom. The second-order valence-corrected chi connectivity index (χ2v) is 6.73. The van der Waals surface area contributed by atoms with E-state index in [0.29, 0.717) is 6.42 Å². The number of carbonyl (C=O) groups is 1. The number of benzene rings is 2. The molecule has 1 saturated heterocycles. The molecule has 0 radical (unpaired) electrons. The number of aryl methyl sites for hydroxylation is 1. The molecule has 2 aromatic carbocycles. The molecule has 1 fully saturated rings. The van der Waals surface area contributed by atoms with Gasteiger partial charge in [-0.05, 0) is 43.0 Å². The Morgan fingerprint density at radius 3 is 2.67 bits per heavy atom. The van der Waals surface area contributed by atoms with Gasteiger partial charge in [-0.25, -0.2) is 0 Å². The first-order valence-electron chi connectivity index (χ1n) is 8.81. The van der Waals surface area contributed by atoms with Crippen LogP contribution in [-0.2, 0) is 17.8 Å². The normalized spacial score (nSPS) is 18.3. The van der Waals surface area contributed by atoms with Gasteiger partial charge in [0, 0.05) is 19.1 Å². The molecular formula is C21H26N2O. The SMILES string of the molecule is Cc1ccccc1CC(=O)N[C@@H]1CCCN(Cc2ccccc2)C1. The van der Waals surface area contributed by atoms with Crippen LogP contribution in [0.1, 0.15) is 29.5 Å². The molecule has 1 amide bonds. The summed E-state index contributed by atoms with van der Waals surface area (Å²) < 4.78 is 0. The van der Waals surface area contributed by atoms with Crippen molar-refractivity contribution in [1.29, 1.82) is 0 Å². The predicted molar refractivity (Wildman–Crippen MR) is 97.8 cm³/mol. The van der Waals surface area contributed by atoms with E-state index in [9.17, 15) is 4.79 Å². The van der Waals surface area contributed by atoms with Crippen LogP contribution in [0.5, 0.6) is 0 Å². The van der Waals surface area contributed by atoms with Crippen molar-refractivity contribution in [3.8, 4) is 0 Å². The smallest absolute Gasteiger partial charge is 0.224 e. The van der Waals surface area contributed by atoms with Crippen molar-refractivity contribution >= 4 is 5.91 Å². The largest absolute Gasteiger partial charge is 0.352 e. The van der Waals surface area contributed by atoms with Gasteiger partial charge >= 0.3 is 0 Å². The zero-order valence-corrected chi connectivity index (χ0v) is 14.4. The van der Waals surface area contributed by atoms with Crippen molar-refractivity contribution in [1.82, 2.24) is 10.2 Å². The molecule has 1 aliphatic rings. The van der Waals surface area contributed by atoms with Crippen LogP contribution in [0.3, 0.4) is 0 Å². The Balaban J connectivity index is 1.51. The number of amides is 1. The molecule has 0 spiro atoms. The summed E-state index contributed by atoms with van der Waals surface area (Å²) in [5.74, 6) is 0.135. The average molecular weight is 322 g/mol. The van der Waals surface area contributed by atoms with Gasteiger partial charge in [-0.1, -0.05) is 54.6 Å². The second-order valence-electron chi connectivity index (χ2n) is 6.73. The molecule has 3 rings (SSSR count). The van der Waals surface area contributed by atoms with Crippen LogP contribution in [0, 0.1) is 6.92 Å². The lowest BCUT2D eigenvalue weighted by Gasteiger charge is -2.33. The molecular weight excluding hydrogens is 296 g/mol. The zero-order chi connectivity index (χ0) is 16.8. The summed E-state index contributed by atoms with van der Waals surface area (Å²) in [6.07, 6.45) is 2.69. The molecule has 0 unspecified atom stereocenters. The van der Waals surface area contributed by atoms with Gasteiger partial charge in [0.05, 0.1) is 6.42 Å². The number of carbonyl (C=O) groups excluding carboxylic acids is 1. The number of nitrogens with one attached hydrogen (secondary N) is 1. The van der Waals surface area contributed by atoms with E-state index in [1.54, 1.807) is 0 Å². The number of piperidine rings is 1. The summed E-state index contributed by atoms with van der Waals surface area (Å²) in [7, 11) is 0. The van der Waals surface area contributed by atoms with Crippen molar-refractivity contribution in [3.63, 3.8) is 0 Å². The van der Waals surface area contributed by atoms with Gasteiger partial charge in [0.25, 0.3) is 0 Å². The quantitative estimate of drug-likeness (QED) is 0.916. The molecule has 126 valence electrons. The molecule has 24 heavy (non-hydrogen) atoms. The molecule has 1 heterocycles. The monoisotopic (exact) mass is 322 g/mol. The second kappa shape index (κ2) is 8.11. The molecule has 1 aliphatic heterocycles. The van der Waals surface area contributed by atoms with E-state index in [0.717, 1.165) is 38.0 Å². The van der Waals surface area contributed by atoms with Gasteiger partial charge in [0.15, 0.2) is 0 Å². The number of likely N-dealkylation sites (tertiary alicyclic amines) is 1. The molecule has 3 heteroatoms. The molecule has 0 saturated carbocycles. The number of hydrogen-bond donors (Lipinski definition) is 1. The molecule has 1 N–H and O–H groups in total. The Labute approximate surface area is 144 Å². The minimum atomic E-state index is 0.135. The fourth-order valence-corrected chi connectivity index (χ4v) is 3.42. The van der Waals surface area contributed by atoms with Crippen molar-refractivity contribution in [3.05, 3.63) is 71.3 Å². The molecule has 0 aliphatic carbocycles. The predicted octanol–water partition coefficient (Wildman–Crippen LogP) is 3.32. The van der Waals surface area contributed by atoms with Gasteiger partial charge in [0.1, 0.15) is 0 Å². The lowest BCUT2D eigenvalue weighted by Crippen LogP contribution is -2.47. The molecule has 3 nitrogen and oxygen atoms in total. The van der Waals surface area contributed by atoms with E-state index in [-0.39, 0.29) is 11.9 Å².